The Kier molecular flexibility index (Phi) is 5.09. The number of hydrogen-bond acceptors (Lipinski definition) is 7. The van der Waals surface area contributed by atoms with Gasteiger partial charge < -0.3 is 15.4 Å². The summed E-state index contributed by atoms with van der Waals surface area (Å²) in [5.41, 5.74) is 9.84. The largest absolute Gasteiger partial charge is 0.494 e. The number of aromatic nitrogens is 5. The third-order valence-corrected chi connectivity index (χ3v) is 8.40. The number of anilines is 1. The number of nitrogens with zero attached hydrogens (tertiary/aromatic N) is 5. The quantitative estimate of drug-likeness (QED) is 0.363. The van der Waals surface area contributed by atoms with Crippen molar-refractivity contribution in [2.24, 2.45) is 17.6 Å². The number of methoxy groups -OCH3 is 1. The standard InChI is InChI=1S/C28H25F2N7O/c1-38-22-7-5-17(16-3-2-9-32-24(16)22)25-26-27(36-35-25)34-23(12-33-26)37-10-8-18-20(13-37)28(18,14-31)19-6-4-15(29)11-21(19)30/h2-7,9,11-12,18,20H,8,10,13-14,31H2,1H3,(H,34,35,36)/t18-,20+,28-/m1/s1. The highest BCUT2D eigenvalue weighted by molar-refractivity contribution is 6.02. The maximum atomic E-state index is 14.7. The third-order valence-electron chi connectivity index (χ3n) is 8.40. The van der Waals surface area contributed by atoms with Crippen LogP contribution in [0.4, 0.5) is 14.6 Å². The molecule has 1 saturated heterocycles. The lowest BCUT2D eigenvalue weighted by Gasteiger charge is -2.26. The molecule has 10 heteroatoms. The molecule has 38 heavy (non-hydrogen) atoms. The lowest BCUT2D eigenvalue weighted by Crippen LogP contribution is -2.32. The Morgan fingerprint density at radius 1 is 1.13 bits per heavy atom. The van der Waals surface area contributed by atoms with Gasteiger partial charge in [0.1, 0.15) is 34.2 Å². The van der Waals surface area contributed by atoms with Crippen LogP contribution in [0.25, 0.3) is 33.3 Å². The number of nitrogens with one attached hydrogen (secondary N) is 1. The number of nitrogens with two attached hydrogens (primary N) is 1. The fraction of sp³-hybridized carbons (Fsp3) is 0.286. The van der Waals surface area contributed by atoms with Crippen molar-refractivity contribution in [1.29, 1.82) is 0 Å². The number of hydrogen-bond donors (Lipinski definition) is 2. The minimum absolute atomic E-state index is 0.159. The van der Waals surface area contributed by atoms with E-state index < -0.39 is 17.0 Å². The van der Waals surface area contributed by atoms with Crippen LogP contribution in [0.3, 0.4) is 0 Å². The van der Waals surface area contributed by atoms with Crippen molar-refractivity contribution in [3.05, 3.63) is 72.1 Å². The van der Waals surface area contributed by atoms with Crippen LogP contribution in [0.1, 0.15) is 12.0 Å². The van der Waals surface area contributed by atoms with Crippen LogP contribution < -0.4 is 15.4 Å². The average Bonchev–Trinajstić information content (AvgIpc) is 3.40. The Labute approximate surface area is 216 Å². The smallest absolute Gasteiger partial charge is 0.202 e. The summed E-state index contributed by atoms with van der Waals surface area (Å²) < 4.78 is 33.8. The number of H-pyrrole nitrogens is 1. The molecular formula is C28H25F2N7O. The third kappa shape index (κ3) is 3.22. The zero-order chi connectivity index (χ0) is 26.0. The molecule has 5 aromatic rings. The Hall–Kier alpha value is -4.18. The number of halogens is 2. The first-order valence-corrected chi connectivity index (χ1v) is 12.6. The van der Waals surface area contributed by atoms with Crippen molar-refractivity contribution < 1.29 is 13.5 Å². The molecule has 0 bridgehead atoms. The second kappa shape index (κ2) is 8.42. The van der Waals surface area contributed by atoms with E-state index in [1.165, 1.54) is 6.07 Å². The van der Waals surface area contributed by atoms with Gasteiger partial charge in [-0.1, -0.05) is 12.1 Å². The van der Waals surface area contributed by atoms with E-state index in [-0.39, 0.29) is 11.8 Å². The molecule has 192 valence electrons. The highest BCUT2D eigenvalue weighted by atomic mass is 19.1. The molecule has 3 N–H and O–H groups in total. The van der Waals surface area contributed by atoms with Gasteiger partial charge in [0.15, 0.2) is 0 Å². The Morgan fingerprint density at radius 2 is 2.03 bits per heavy atom. The number of pyridine rings is 1. The highest BCUT2D eigenvalue weighted by Crippen LogP contribution is 2.63. The number of benzene rings is 2. The molecule has 0 radical (unpaired) electrons. The van der Waals surface area contributed by atoms with Crippen LogP contribution in [0.2, 0.25) is 0 Å². The Morgan fingerprint density at radius 3 is 2.84 bits per heavy atom. The predicted molar refractivity (Wildman–Crippen MR) is 140 cm³/mol. The maximum Gasteiger partial charge on any atom is 0.202 e. The minimum atomic E-state index is -0.579. The van der Waals surface area contributed by atoms with Crippen LogP contribution in [0, 0.1) is 23.5 Å². The zero-order valence-corrected chi connectivity index (χ0v) is 20.7. The predicted octanol–water partition coefficient (Wildman–Crippen LogP) is 4.21. The van der Waals surface area contributed by atoms with E-state index in [0.29, 0.717) is 41.4 Å². The van der Waals surface area contributed by atoms with Crippen LogP contribution in [-0.2, 0) is 5.41 Å². The molecule has 2 aromatic carbocycles. The molecule has 7 rings (SSSR count). The van der Waals surface area contributed by atoms with Gasteiger partial charge >= 0.3 is 0 Å². The average molecular weight is 514 g/mol. The van der Waals surface area contributed by atoms with E-state index in [0.717, 1.165) is 41.2 Å². The molecule has 1 aliphatic heterocycles. The van der Waals surface area contributed by atoms with Gasteiger partial charge in [-0.25, -0.2) is 18.7 Å². The Balaban J connectivity index is 1.20. The van der Waals surface area contributed by atoms with Crippen molar-refractivity contribution in [3.63, 3.8) is 0 Å². The summed E-state index contributed by atoms with van der Waals surface area (Å²) in [4.78, 5) is 16.2. The summed E-state index contributed by atoms with van der Waals surface area (Å²) in [5, 5.41) is 8.49. The normalized spacial score (nSPS) is 22.6. The molecule has 8 nitrogen and oxygen atoms in total. The molecule has 4 heterocycles. The number of rotatable bonds is 5. The molecule has 3 atom stereocenters. The molecule has 0 unspecified atom stereocenters. The molecule has 0 spiro atoms. The van der Waals surface area contributed by atoms with Gasteiger partial charge in [0.05, 0.1) is 19.0 Å². The molecule has 2 fully saturated rings. The van der Waals surface area contributed by atoms with Gasteiger partial charge in [0.2, 0.25) is 5.65 Å². The number of ether oxygens (including phenoxy) is 1. The monoisotopic (exact) mass is 513 g/mol. The minimum Gasteiger partial charge on any atom is -0.494 e. The van der Waals surface area contributed by atoms with Crippen molar-refractivity contribution in [1.82, 2.24) is 25.1 Å². The number of piperidine rings is 1. The molecular weight excluding hydrogens is 488 g/mol. The van der Waals surface area contributed by atoms with Crippen molar-refractivity contribution in [3.8, 4) is 17.0 Å². The van der Waals surface area contributed by atoms with E-state index in [1.54, 1.807) is 25.6 Å². The van der Waals surface area contributed by atoms with Crippen LogP contribution in [0.15, 0.2) is 54.9 Å². The number of fused-ring (bicyclic) bond motifs is 3. The topological polar surface area (TPSA) is 106 Å². The number of aromatic amines is 1. The maximum absolute atomic E-state index is 14.7. The first-order valence-electron chi connectivity index (χ1n) is 12.6. The SMILES string of the molecule is COc1ccc(-c2[nH]nc3nc(N4CC[C@@H]5[C@H](C4)[C@@]5(CN)c4ccc(F)cc4F)cnc23)c2cccnc12. The fourth-order valence-corrected chi connectivity index (χ4v) is 6.52. The molecule has 3 aromatic heterocycles. The molecule has 2 aliphatic rings. The van der Waals surface area contributed by atoms with Gasteiger partial charge in [-0.3, -0.25) is 10.1 Å². The fourth-order valence-electron chi connectivity index (χ4n) is 6.52. The summed E-state index contributed by atoms with van der Waals surface area (Å²) in [6, 6.07) is 11.5. The second-order valence-electron chi connectivity index (χ2n) is 10.0. The summed E-state index contributed by atoms with van der Waals surface area (Å²) in [6.45, 7) is 1.74. The van der Waals surface area contributed by atoms with E-state index in [4.69, 9.17) is 20.4 Å². The van der Waals surface area contributed by atoms with Gasteiger partial charge in [0.25, 0.3) is 0 Å². The van der Waals surface area contributed by atoms with Gasteiger partial charge in [-0.05, 0) is 48.1 Å². The summed E-state index contributed by atoms with van der Waals surface area (Å²) in [6.07, 6.45) is 4.34. The molecule has 0 amide bonds. The second-order valence-corrected chi connectivity index (χ2v) is 10.0. The van der Waals surface area contributed by atoms with Gasteiger partial charge in [0, 0.05) is 48.3 Å². The molecule has 1 aliphatic carbocycles. The summed E-state index contributed by atoms with van der Waals surface area (Å²) in [5.74, 6) is 0.722. The lowest BCUT2D eigenvalue weighted by molar-refractivity contribution is 0.419. The first-order chi connectivity index (χ1) is 18.5. The van der Waals surface area contributed by atoms with Crippen molar-refractivity contribution >= 4 is 27.9 Å². The van der Waals surface area contributed by atoms with Crippen molar-refractivity contribution in [2.75, 3.05) is 31.6 Å². The van der Waals surface area contributed by atoms with E-state index in [2.05, 4.69) is 20.1 Å². The van der Waals surface area contributed by atoms with Crippen molar-refractivity contribution in [2.45, 2.75) is 11.8 Å². The van der Waals surface area contributed by atoms with Crippen LogP contribution in [-0.4, -0.2) is 51.9 Å². The first kappa shape index (κ1) is 23.0. The van der Waals surface area contributed by atoms with Gasteiger partial charge in [-0.2, -0.15) is 5.10 Å². The van der Waals surface area contributed by atoms with E-state index in [1.807, 2.05) is 24.3 Å². The molecule has 1 saturated carbocycles. The summed E-state index contributed by atoms with van der Waals surface area (Å²) >= 11 is 0. The Bertz CT molecular complexity index is 1710. The highest BCUT2D eigenvalue weighted by Gasteiger charge is 2.66. The zero-order valence-electron chi connectivity index (χ0n) is 20.7. The van der Waals surface area contributed by atoms with Crippen LogP contribution in [0.5, 0.6) is 5.75 Å². The van der Waals surface area contributed by atoms with Gasteiger partial charge in [-0.15, -0.1) is 0 Å². The summed E-state index contributed by atoms with van der Waals surface area (Å²) in [7, 11) is 1.62. The lowest BCUT2D eigenvalue weighted by atomic mass is 9.90. The van der Waals surface area contributed by atoms with Crippen LogP contribution >= 0.6 is 0 Å². The van der Waals surface area contributed by atoms with E-state index in [9.17, 15) is 8.78 Å². The van der Waals surface area contributed by atoms with E-state index >= 15 is 0 Å².